The van der Waals surface area contributed by atoms with Gasteiger partial charge in [0.2, 0.25) is 0 Å². The van der Waals surface area contributed by atoms with Gasteiger partial charge in [0.25, 0.3) is 8.32 Å². The molecule has 0 unspecified atom stereocenters. The summed E-state index contributed by atoms with van der Waals surface area (Å²) >= 11 is 0. The number of aromatic hydroxyl groups is 1. The summed E-state index contributed by atoms with van der Waals surface area (Å²) in [6, 6.07) is 12.2. The Morgan fingerprint density at radius 1 is 1.08 bits per heavy atom. The minimum absolute atomic E-state index is 0.0151. The topological polar surface area (TPSA) is 66.8 Å². The lowest BCUT2D eigenvalue weighted by Crippen LogP contribution is -2.44. The lowest BCUT2D eigenvalue weighted by Gasteiger charge is -2.37. The summed E-state index contributed by atoms with van der Waals surface area (Å²) in [7, 11) is -2.25. The Kier molecular flexibility index (Phi) is 4.76. The van der Waals surface area contributed by atoms with Gasteiger partial charge < -0.3 is 14.6 Å². The summed E-state index contributed by atoms with van der Waals surface area (Å²) in [4.78, 5) is 11.7. The molecule has 0 aromatic heterocycles. The Labute approximate surface area is 143 Å². The first kappa shape index (κ1) is 18.1. The molecule has 0 atom stereocenters. The van der Waals surface area contributed by atoms with Gasteiger partial charge in [-0.25, -0.2) is 4.79 Å². The van der Waals surface area contributed by atoms with Crippen LogP contribution < -0.4 is 4.43 Å². The van der Waals surface area contributed by atoms with E-state index in [9.17, 15) is 15.0 Å². The molecule has 2 aromatic carbocycles. The van der Waals surface area contributed by atoms with Gasteiger partial charge in [-0.2, -0.15) is 0 Å². The van der Waals surface area contributed by atoms with Crippen LogP contribution in [-0.4, -0.2) is 24.5 Å². The van der Waals surface area contributed by atoms with Crippen molar-refractivity contribution in [2.75, 3.05) is 0 Å². The van der Waals surface area contributed by atoms with Gasteiger partial charge in [-0.15, -0.1) is 0 Å². The normalized spacial score (nSPS) is 12.0. The van der Waals surface area contributed by atoms with E-state index in [2.05, 4.69) is 33.9 Å². The molecular weight excluding hydrogens is 320 g/mol. The average Bonchev–Trinajstić information content (AvgIpc) is 2.48. The molecule has 0 heterocycles. The molecule has 0 bridgehead atoms. The third kappa shape index (κ3) is 3.62. The molecule has 0 amide bonds. The zero-order valence-corrected chi connectivity index (χ0v) is 15.8. The van der Waals surface area contributed by atoms with Crippen LogP contribution in [0.1, 0.15) is 31.1 Å². The van der Waals surface area contributed by atoms with E-state index >= 15 is 0 Å². The largest absolute Gasteiger partial charge is 0.543 e. The monoisotopic (exact) mass is 344 g/mol. The van der Waals surface area contributed by atoms with Gasteiger partial charge in [0.15, 0.2) is 0 Å². The zero-order valence-electron chi connectivity index (χ0n) is 14.8. The number of aromatic carboxylic acids is 1. The summed E-state index contributed by atoms with van der Waals surface area (Å²) in [5.74, 6) is -0.872. The van der Waals surface area contributed by atoms with Gasteiger partial charge in [-0.1, -0.05) is 51.1 Å². The van der Waals surface area contributed by atoms with Gasteiger partial charge in [0.1, 0.15) is 17.1 Å². The fraction of sp³-hybridized carbons (Fsp3) is 0.316. The van der Waals surface area contributed by atoms with Crippen molar-refractivity contribution in [2.45, 2.75) is 38.9 Å². The predicted octanol–water partition coefficient (Wildman–Crippen LogP) is 5.14. The maximum Gasteiger partial charge on any atom is 0.339 e. The lowest BCUT2D eigenvalue weighted by atomic mass is 10.0. The molecule has 4 nitrogen and oxygen atoms in total. The Bertz CT molecular complexity index is 746. The molecular formula is C19H24O4Si. The van der Waals surface area contributed by atoms with Crippen molar-refractivity contribution in [3.8, 4) is 22.6 Å². The molecule has 128 valence electrons. The molecule has 0 spiro atoms. The van der Waals surface area contributed by atoms with Crippen LogP contribution in [0.25, 0.3) is 11.1 Å². The van der Waals surface area contributed by atoms with Gasteiger partial charge in [-0.3, -0.25) is 0 Å². The van der Waals surface area contributed by atoms with Crippen molar-refractivity contribution >= 4 is 14.3 Å². The fourth-order valence-corrected chi connectivity index (χ4v) is 3.16. The maximum absolute atomic E-state index is 11.7. The molecule has 0 fully saturated rings. The van der Waals surface area contributed by atoms with E-state index in [1.54, 1.807) is 6.07 Å². The number of hydrogen-bond donors (Lipinski definition) is 2. The number of carboxylic acids is 1. The van der Waals surface area contributed by atoms with Crippen LogP contribution in [0.3, 0.4) is 0 Å². The second-order valence-corrected chi connectivity index (χ2v) is 12.1. The van der Waals surface area contributed by atoms with Crippen molar-refractivity contribution in [2.24, 2.45) is 0 Å². The Morgan fingerprint density at radius 2 is 1.67 bits per heavy atom. The van der Waals surface area contributed by atoms with Crippen LogP contribution in [-0.2, 0) is 0 Å². The first-order valence-electron chi connectivity index (χ1n) is 7.87. The Hall–Kier alpha value is -2.27. The van der Waals surface area contributed by atoms with Crippen molar-refractivity contribution in [3.63, 3.8) is 0 Å². The van der Waals surface area contributed by atoms with Crippen LogP contribution in [0, 0.1) is 0 Å². The van der Waals surface area contributed by atoms with Crippen molar-refractivity contribution in [1.29, 1.82) is 0 Å². The molecule has 0 aliphatic heterocycles. The van der Waals surface area contributed by atoms with E-state index in [0.717, 1.165) is 5.56 Å². The third-order valence-corrected chi connectivity index (χ3v) is 8.88. The highest BCUT2D eigenvalue weighted by atomic mass is 28.4. The van der Waals surface area contributed by atoms with Crippen molar-refractivity contribution in [1.82, 2.24) is 0 Å². The molecule has 0 radical (unpaired) electrons. The van der Waals surface area contributed by atoms with E-state index in [-0.39, 0.29) is 16.4 Å². The first-order valence-corrected chi connectivity index (χ1v) is 10.8. The van der Waals surface area contributed by atoms with E-state index in [4.69, 9.17) is 4.43 Å². The first-order chi connectivity index (χ1) is 11.0. The smallest absolute Gasteiger partial charge is 0.339 e. The quantitative estimate of drug-likeness (QED) is 0.754. The number of carboxylic acid groups (broad SMARTS) is 1. The maximum atomic E-state index is 11.7. The van der Waals surface area contributed by atoms with Gasteiger partial charge in [0, 0.05) is 5.56 Å². The summed E-state index contributed by atoms with van der Waals surface area (Å²) in [6.45, 7) is 10.4. The fourth-order valence-electron chi connectivity index (χ4n) is 2.12. The van der Waals surface area contributed by atoms with E-state index in [1.165, 1.54) is 6.07 Å². The molecule has 0 aliphatic rings. The standard InChI is InChI=1S/C19H24O4Si/c1-19(2,3)24(4,5)23-17-15(13-9-7-6-8-10-13)11-14(20)12-16(17)18(21)22/h6-12,20H,1-5H3,(H,21,22). The number of phenolic OH excluding ortho intramolecular Hbond substituents is 1. The minimum atomic E-state index is -2.25. The predicted molar refractivity (Wildman–Crippen MR) is 98.3 cm³/mol. The van der Waals surface area contributed by atoms with Crippen molar-refractivity contribution in [3.05, 3.63) is 48.0 Å². The third-order valence-electron chi connectivity index (χ3n) is 4.55. The van der Waals surface area contributed by atoms with Crippen LogP contribution in [0.2, 0.25) is 18.1 Å². The Morgan fingerprint density at radius 3 is 2.17 bits per heavy atom. The zero-order chi connectivity index (χ0) is 18.1. The Balaban J connectivity index is 2.70. The molecule has 2 aromatic rings. The lowest BCUT2D eigenvalue weighted by molar-refractivity contribution is 0.0694. The molecule has 2 N–H and O–H groups in total. The van der Waals surface area contributed by atoms with Crippen LogP contribution in [0.15, 0.2) is 42.5 Å². The van der Waals surface area contributed by atoms with E-state index in [1.807, 2.05) is 30.3 Å². The van der Waals surface area contributed by atoms with Gasteiger partial charge >= 0.3 is 5.97 Å². The van der Waals surface area contributed by atoms with Gasteiger partial charge in [-0.05, 0) is 35.8 Å². The highest BCUT2D eigenvalue weighted by molar-refractivity contribution is 6.74. The second-order valence-electron chi connectivity index (χ2n) is 7.40. The summed E-state index contributed by atoms with van der Waals surface area (Å²) in [5.41, 5.74) is 1.39. The van der Waals surface area contributed by atoms with Crippen molar-refractivity contribution < 1.29 is 19.4 Å². The van der Waals surface area contributed by atoms with E-state index < -0.39 is 14.3 Å². The molecule has 24 heavy (non-hydrogen) atoms. The molecule has 0 saturated heterocycles. The number of rotatable bonds is 4. The number of phenols is 1. The number of hydrogen-bond acceptors (Lipinski definition) is 3. The molecule has 0 saturated carbocycles. The summed E-state index contributed by atoms with van der Waals surface area (Å²) < 4.78 is 6.35. The summed E-state index contributed by atoms with van der Waals surface area (Å²) in [5, 5.41) is 19.5. The van der Waals surface area contributed by atoms with E-state index in [0.29, 0.717) is 11.3 Å². The highest BCUT2D eigenvalue weighted by Crippen LogP contribution is 2.43. The average molecular weight is 344 g/mol. The molecule has 2 rings (SSSR count). The van der Waals surface area contributed by atoms with Crippen LogP contribution >= 0.6 is 0 Å². The summed E-state index contributed by atoms with van der Waals surface area (Å²) in [6.07, 6.45) is 0. The number of carbonyl (C=O) groups is 1. The van der Waals surface area contributed by atoms with Crippen LogP contribution in [0.4, 0.5) is 0 Å². The molecule has 0 aliphatic carbocycles. The van der Waals surface area contributed by atoms with Gasteiger partial charge in [0.05, 0.1) is 0 Å². The molecule has 5 heteroatoms. The van der Waals surface area contributed by atoms with Crippen LogP contribution in [0.5, 0.6) is 11.5 Å². The minimum Gasteiger partial charge on any atom is -0.543 e. The highest BCUT2D eigenvalue weighted by Gasteiger charge is 2.40. The second kappa shape index (κ2) is 6.32. The number of benzene rings is 2. The SMILES string of the molecule is CC(C)(C)[Si](C)(C)Oc1c(C(=O)O)cc(O)cc1-c1ccccc1.